The van der Waals surface area contributed by atoms with E-state index in [1.54, 1.807) is 18.2 Å². The summed E-state index contributed by atoms with van der Waals surface area (Å²) in [6, 6.07) is 6.55. The largest absolute Gasteiger partial charge is 0.367 e. The number of anilines is 1. The van der Waals surface area contributed by atoms with Gasteiger partial charge in [0.05, 0.1) is 11.3 Å². The van der Waals surface area contributed by atoms with Gasteiger partial charge < -0.3 is 10.3 Å². The molecule has 0 aliphatic rings. The molecule has 0 fully saturated rings. The molecule has 96 valence electrons. The van der Waals surface area contributed by atoms with E-state index < -0.39 is 0 Å². The highest BCUT2D eigenvalue weighted by Crippen LogP contribution is 2.37. The van der Waals surface area contributed by atoms with Crippen molar-refractivity contribution >= 4 is 5.88 Å². The first kappa shape index (κ1) is 12.6. The predicted octanol–water partition coefficient (Wildman–Crippen LogP) is 3.97. The Hall–Kier alpha value is -1.84. The molecule has 0 aliphatic carbocycles. The minimum absolute atomic E-state index is 0.182. The van der Waals surface area contributed by atoms with Crippen LogP contribution in [0.1, 0.15) is 38.3 Å². The standard InChI is InChI=1S/C14H17FN2O/c1-3-9(4-2)13-12(14(16)18-17-13)10-7-5-6-8-11(10)15/h5-9H,3-4,16H2,1-2H3. The van der Waals surface area contributed by atoms with Gasteiger partial charge in [-0.1, -0.05) is 37.2 Å². The van der Waals surface area contributed by atoms with Gasteiger partial charge in [-0.25, -0.2) is 4.39 Å². The lowest BCUT2D eigenvalue weighted by atomic mass is 9.93. The molecule has 1 aromatic heterocycles. The molecule has 18 heavy (non-hydrogen) atoms. The summed E-state index contributed by atoms with van der Waals surface area (Å²) in [7, 11) is 0. The summed E-state index contributed by atoms with van der Waals surface area (Å²) in [6.07, 6.45) is 1.84. The summed E-state index contributed by atoms with van der Waals surface area (Å²) < 4.78 is 18.9. The van der Waals surface area contributed by atoms with E-state index in [0.717, 1.165) is 18.5 Å². The molecule has 2 rings (SSSR count). The van der Waals surface area contributed by atoms with Gasteiger partial charge in [-0.2, -0.15) is 0 Å². The molecule has 0 spiro atoms. The van der Waals surface area contributed by atoms with Crippen LogP contribution in [0.4, 0.5) is 10.3 Å². The number of nitrogens with zero attached hydrogens (tertiary/aromatic N) is 1. The quantitative estimate of drug-likeness (QED) is 0.890. The molecule has 0 saturated carbocycles. The monoisotopic (exact) mass is 248 g/mol. The van der Waals surface area contributed by atoms with Crippen LogP contribution in [0.5, 0.6) is 0 Å². The van der Waals surface area contributed by atoms with Crippen LogP contribution in [-0.4, -0.2) is 5.16 Å². The maximum Gasteiger partial charge on any atom is 0.230 e. The van der Waals surface area contributed by atoms with E-state index >= 15 is 0 Å². The Labute approximate surface area is 106 Å². The molecule has 1 aromatic carbocycles. The fraction of sp³-hybridized carbons (Fsp3) is 0.357. The maximum absolute atomic E-state index is 13.9. The van der Waals surface area contributed by atoms with Crippen LogP contribution in [-0.2, 0) is 0 Å². The summed E-state index contributed by atoms with van der Waals surface area (Å²) in [4.78, 5) is 0. The zero-order chi connectivity index (χ0) is 13.1. The van der Waals surface area contributed by atoms with Crippen molar-refractivity contribution in [1.29, 1.82) is 0 Å². The first-order valence-electron chi connectivity index (χ1n) is 6.18. The molecule has 0 unspecified atom stereocenters. The lowest BCUT2D eigenvalue weighted by Crippen LogP contribution is -1.99. The highest BCUT2D eigenvalue weighted by molar-refractivity contribution is 5.75. The van der Waals surface area contributed by atoms with Gasteiger partial charge in [0.1, 0.15) is 5.82 Å². The van der Waals surface area contributed by atoms with Crippen molar-refractivity contribution in [2.45, 2.75) is 32.6 Å². The Morgan fingerprint density at radius 3 is 2.56 bits per heavy atom. The average molecular weight is 248 g/mol. The second kappa shape index (κ2) is 5.21. The van der Waals surface area contributed by atoms with Crippen LogP contribution >= 0.6 is 0 Å². The smallest absolute Gasteiger partial charge is 0.230 e. The fourth-order valence-corrected chi connectivity index (χ4v) is 2.20. The highest BCUT2D eigenvalue weighted by Gasteiger charge is 2.23. The van der Waals surface area contributed by atoms with Crippen LogP contribution in [0.15, 0.2) is 28.8 Å². The van der Waals surface area contributed by atoms with Crippen molar-refractivity contribution < 1.29 is 8.91 Å². The van der Waals surface area contributed by atoms with Crippen LogP contribution in [0.2, 0.25) is 0 Å². The zero-order valence-electron chi connectivity index (χ0n) is 10.6. The summed E-state index contributed by atoms with van der Waals surface area (Å²) in [6.45, 7) is 4.15. The highest BCUT2D eigenvalue weighted by atomic mass is 19.1. The fourth-order valence-electron chi connectivity index (χ4n) is 2.20. The van der Waals surface area contributed by atoms with Crippen LogP contribution in [0.25, 0.3) is 11.1 Å². The first-order chi connectivity index (χ1) is 8.69. The Balaban J connectivity index is 2.57. The van der Waals surface area contributed by atoms with Gasteiger partial charge in [-0.05, 0) is 18.9 Å². The molecular formula is C14H17FN2O. The second-order valence-electron chi connectivity index (χ2n) is 4.30. The molecule has 0 saturated heterocycles. The van der Waals surface area contributed by atoms with Crippen molar-refractivity contribution in [2.24, 2.45) is 0 Å². The molecule has 2 N–H and O–H groups in total. The van der Waals surface area contributed by atoms with E-state index in [-0.39, 0.29) is 17.6 Å². The van der Waals surface area contributed by atoms with E-state index in [4.69, 9.17) is 10.3 Å². The van der Waals surface area contributed by atoms with Gasteiger partial charge in [0.15, 0.2) is 0 Å². The molecule has 0 atom stereocenters. The molecule has 0 bridgehead atoms. The normalized spacial score (nSPS) is 11.1. The number of hydrogen-bond donors (Lipinski definition) is 1. The molecule has 3 nitrogen and oxygen atoms in total. The van der Waals surface area contributed by atoms with Crippen molar-refractivity contribution in [1.82, 2.24) is 5.16 Å². The summed E-state index contributed by atoms with van der Waals surface area (Å²) in [5.41, 5.74) is 7.60. The number of benzene rings is 1. The second-order valence-corrected chi connectivity index (χ2v) is 4.30. The number of nitrogens with two attached hydrogens (primary N) is 1. The van der Waals surface area contributed by atoms with Crippen LogP contribution in [0.3, 0.4) is 0 Å². The summed E-state index contributed by atoms with van der Waals surface area (Å²) in [5, 5.41) is 4.01. The van der Waals surface area contributed by atoms with Crippen molar-refractivity contribution in [3.63, 3.8) is 0 Å². The van der Waals surface area contributed by atoms with Gasteiger partial charge in [0.2, 0.25) is 5.88 Å². The van der Waals surface area contributed by atoms with E-state index in [0.29, 0.717) is 11.1 Å². The third-order valence-corrected chi connectivity index (χ3v) is 3.26. The SMILES string of the molecule is CCC(CC)c1noc(N)c1-c1ccccc1F. The van der Waals surface area contributed by atoms with Crippen LogP contribution in [0, 0.1) is 5.82 Å². The number of halogens is 1. The Morgan fingerprint density at radius 1 is 1.28 bits per heavy atom. The van der Waals surface area contributed by atoms with Gasteiger partial charge >= 0.3 is 0 Å². The van der Waals surface area contributed by atoms with E-state index in [2.05, 4.69) is 19.0 Å². The first-order valence-corrected chi connectivity index (χ1v) is 6.18. The third-order valence-electron chi connectivity index (χ3n) is 3.26. The zero-order valence-corrected chi connectivity index (χ0v) is 10.6. The molecule has 0 amide bonds. The number of aromatic nitrogens is 1. The Kier molecular flexibility index (Phi) is 3.65. The summed E-state index contributed by atoms with van der Waals surface area (Å²) in [5.74, 6) is 0.113. The van der Waals surface area contributed by atoms with Gasteiger partial charge in [0.25, 0.3) is 0 Å². The topological polar surface area (TPSA) is 52.0 Å². The molecule has 2 aromatic rings. The molecule has 0 radical (unpaired) electrons. The molecular weight excluding hydrogens is 231 g/mol. The number of rotatable bonds is 4. The third kappa shape index (κ3) is 2.10. The van der Waals surface area contributed by atoms with Gasteiger partial charge in [-0.15, -0.1) is 0 Å². The number of nitrogen functional groups attached to an aromatic ring is 1. The van der Waals surface area contributed by atoms with E-state index in [1.807, 2.05) is 0 Å². The molecule has 1 heterocycles. The average Bonchev–Trinajstić information content (AvgIpc) is 2.74. The van der Waals surface area contributed by atoms with E-state index in [1.165, 1.54) is 6.07 Å². The maximum atomic E-state index is 13.9. The Bertz CT molecular complexity index is 532. The van der Waals surface area contributed by atoms with Crippen molar-refractivity contribution in [3.8, 4) is 11.1 Å². The van der Waals surface area contributed by atoms with Crippen LogP contribution < -0.4 is 5.73 Å². The van der Waals surface area contributed by atoms with Crippen molar-refractivity contribution in [3.05, 3.63) is 35.8 Å². The van der Waals surface area contributed by atoms with Crippen molar-refractivity contribution in [2.75, 3.05) is 5.73 Å². The summed E-state index contributed by atoms with van der Waals surface area (Å²) >= 11 is 0. The Morgan fingerprint density at radius 2 is 1.94 bits per heavy atom. The minimum Gasteiger partial charge on any atom is -0.367 e. The molecule has 0 aliphatic heterocycles. The van der Waals surface area contributed by atoms with Gasteiger partial charge in [0, 0.05) is 11.5 Å². The predicted molar refractivity (Wildman–Crippen MR) is 69.6 cm³/mol. The lowest BCUT2D eigenvalue weighted by molar-refractivity contribution is 0.416. The number of hydrogen-bond acceptors (Lipinski definition) is 3. The minimum atomic E-state index is -0.306. The lowest BCUT2D eigenvalue weighted by Gasteiger charge is -2.11. The van der Waals surface area contributed by atoms with E-state index in [9.17, 15) is 4.39 Å². The molecule has 4 heteroatoms. The van der Waals surface area contributed by atoms with Gasteiger partial charge in [-0.3, -0.25) is 0 Å².